The number of aromatic nitrogens is 3. The second-order valence-corrected chi connectivity index (χ2v) is 3.61. The normalized spacial score (nSPS) is 10.0. The lowest BCUT2D eigenvalue weighted by Crippen LogP contribution is -2.10. The summed E-state index contributed by atoms with van der Waals surface area (Å²) in [5, 5.41) is 11.8. The Morgan fingerprint density at radius 1 is 1.33 bits per heavy atom. The van der Waals surface area contributed by atoms with Gasteiger partial charge in [0.1, 0.15) is 5.82 Å². The molecule has 0 unspecified atom stereocenters. The molecule has 0 spiro atoms. The molecule has 92 valence electrons. The van der Waals surface area contributed by atoms with Crippen molar-refractivity contribution >= 4 is 11.8 Å². The van der Waals surface area contributed by atoms with Crippen LogP contribution in [0.2, 0.25) is 0 Å². The van der Waals surface area contributed by atoms with Gasteiger partial charge in [0.25, 0.3) is 0 Å². The molecule has 2 heterocycles. The highest BCUT2D eigenvalue weighted by Gasteiger charge is 2.06. The Morgan fingerprint density at radius 2 is 2.22 bits per heavy atom. The van der Waals surface area contributed by atoms with Crippen LogP contribution in [0.1, 0.15) is 16.2 Å². The van der Waals surface area contributed by atoms with Crippen molar-refractivity contribution in [3.05, 3.63) is 48.2 Å². The van der Waals surface area contributed by atoms with Gasteiger partial charge in [-0.15, -0.1) is 0 Å². The fourth-order valence-corrected chi connectivity index (χ4v) is 1.44. The Morgan fingerprint density at radius 3 is 2.94 bits per heavy atom. The van der Waals surface area contributed by atoms with E-state index in [1.807, 2.05) is 12.1 Å². The molecule has 0 atom stereocenters. The Kier molecular flexibility index (Phi) is 3.80. The minimum atomic E-state index is -1.13. The quantitative estimate of drug-likeness (QED) is 0.822. The van der Waals surface area contributed by atoms with E-state index in [1.165, 1.54) is 6.20 Å². The average molecular weight is 244 g/mol. The van der Waals surface area contributed by atoms with Gasteiger partial charge in [0, 0.05) is 25.1 Å². The van der Waals surface area contributed by atoms with E-state index < -0.39 is 5.97 Å². The molecule has 0 amide bonds. The van der Waals surface area contributed by atoms with E-state index in [0.717, 1.165) is 12.0 Å². The second-order valence-electron chi connectivity index (χ2n) is 3.61. The molecule has 0 fully saturated rings. The second kappa shape index (κ2) is 5.72. The van der Waals surface area contributed by atoms with Crippen molar-refractivity contribution in [1.82, 2.24) is 15.0 Å². The maximum atomic E-state index is 10.7. The number of pyridine rings is 1. The van der Waals surface area contributed by atoms with Crippen molar-refractivity contribution in [3.63, 3.8) is 0 Å². The van der Waals surface area contributed by atoms with Crippen molar-refractivity contribution in [2.75, 3.05) is 11.9 Å². The predicted molar refractivity (Wildman–Crippen MR) is 65.4 cm³/mol. The fraction of sp³-hybridized carbons (Fsp3) is 0.167. The summed E-state index contributed by atoms with van der Waals surface area (Å²) < 4.78 is 0. The molecule has 18 heavy (non-hydrogen) atoms. The number of carboxylic acid groups (broad SMARTS) is 1. The molecule has 0 bridgehead atoms. The molecule has 0 aromatic carbocycles. The SMILES string of the molecule is O=C(O)c1nccc(NCCc2cccnc2)n1. The van der Waals surface area contributed by atoms with Crippen molar-refractivity contribution in [2.24, 2.45) is 0 Å². The van der Waals surface area contributed by atoms with Gasteiger partial charge >= 0.3 is 5.97 Å². The van der Waals surface area contributed by atoms with Gasteiger partial charge in [-0.05, 0) is 24.1 Å². The third-order valence-electron chi connectivity index (χ3n) is 2.29. The van der Waals surface area contributed by atoms with E-state index in [1.54, 1.807) is 18.5 Å². The van der Waals surface area contributed by atoms with Crippen LogP contribution in [0.3, 0.4) is 0 Å². The molecule has 0 aliphatic carbocycles. The van der Waals surface area contributed by atoms with Crippen LogP contribution in [0, 0.1) is 0 Å². The van der Waals surface area contributed by atoms with Crippen molar-refractivity contribution in [2.45, 2.75) is 6.42 Å². The van der Waals surface area contributed by atoms with Gasteiger partial charge in [0.2, 0.25) is 5.82 Å². The number of nitrogens with zero attached hydrogens (tertiary/aromatic N) is 3. The van der Waals surface area contributed by atoms with Gasteiger partial charge in [-0.1, -0.05) is 6.07 Å². The number of carbonyl (C=O) groups is 1. The van der Waals surface area contributed by atoms with E-state index in [-0.39, 0.29) is 5.82 Å². The molecule has 6 nitrogen and oxygen atoms in total. The van der Waals surface area contributed by atoms with E-state index in [4.69, 9.17) is 5.11 Å². The molecule has 0 aliphatic heterocycles. The first kappa shape index (κ1) is 12.0. The van der Waals surface area contributed by atoms with Crippen LogP contribution in [0.5, 0.6) is 0 Å². The number of hydrogen-bond donors (Lipinski definition) is 2. The highest BCUT2D eigenvalue weighted by atomic mass is 16.4. The van der Waals surface area contributed by atoms with Crippen LogP contribution in [0.4, 0.5) is 5.82 Å². The molecule has 6 heteroatoms. The van der Waals surface area contributed by atoms with Crippen LogP contribution in [-0.2, 0) is 6.42 Å². The Labute approximate surface area is 104 Å². The molecule has 2 aromatic rings. The van der Waals surface area contributed by atoms with Crippen LogP contribution >= 0.6 is 0 Å². The number of aromatic carboxylic acids is 1. The lowest BCUT2D eigenvalue weighted by Gasteiger charge is -2.05. The summed E-state index contributed by atoms with van der Waals surface area (Å²) in [6, 6.07) is 5.50. The molecule has 0 saturated heterocycles. The molecule has 0 radical (unpaired) electrons. The van der Waals surface area contributed by atoms with Gasteiger partial charge < -0.3 is 10.4 Å². The number of anilines is 1. The maximum Gasteiger partial charge on any atom is 0.374 e. The van der Waals surface area contributed by atoms with E-state index in [2.05, 4.69) is 20.3 Å². The number of nitrogens with one attached hydrogen (secondary N) is 1. The summed E-state index contributed by atoms with van der Waals surface area (Å²) in [5.41, 5.74) is 1.11. The summed E-state index contributed by atoms with van der Waals surface area (Å²) in [4.78, 5) is 22.2. The summed E-state index contributed by atoms with van der Waals surface area (Å²) in [7, 11) is 0. The minimum Gasteiger partial charge on any atom is -0.475 e. The van der Waals surface area contributed by atoms with E-state index in [0.29, 0.717) is 12.4 Å². The molecular weight excluding hydrogens is 232 g/mol. The smallest absolute Gasteiger partial charge is 0.374 e. The fourth-order valence-electron chi connectivity index (χ4n) is 1.44. The lowest BCUT2D eigenvalue weighted by molar-refractivity contribution is 0.0683. The predicted octanol–water partition coefficient (Wildman–Crippen LogP) is 1.22. The Hall–Kier alpha value is -2.50. The number of rotatable bonds is 5. The van der Waals surface area contributed by atoms with Gasteiger partial charge in [0.15, 0.2) is 0 Å². The Bertz CT molecular complexity index is 531. The first-order chi connectivity index (χ1) is 8.75. The zero-order valence-electron chi connectivity index (χ0n) is 9.58. The molecule has 0 aliphatic rings. The van der Waals surface area contributed by atoms with Crippen LogP contribution in [0.25, 0.3) is 0 Å². The third-order valence-corrected chi connectivity index (χ3v) is 2.29. The van der Waals surface area contributed by atoms with Crippen molar-refractivity contribution in [3.8, 4) is 0 Å². The topological polar surface area (TPSA) is 88.0 Å². The molecule has 2 N–H and O–H groups in total. The summed E-state index contributed by atoms with van der Waals surface area (Å²) in [6.07, 6.45) is 5.73. The van der Waals surface area contributed by atoms with Gasteiger partial charge in [0.05, 0.1) is 0 Å². The zero-order chi connectivity index (χ0) is 12.8. The summed E-state index contributed by atoms with van der Waals surface area (Å²) >= 11 is 0. The maximum absolute atomic E-state index is 10.7. The van der Waals surface area contributed by atoms with Crippen LogP contribution in [0.15, 0.2) is 36.8 Å². The molecular formula is C12H12N4O2. The molecule has 2 rings (SSSR count). The van der Waals surface area contributed by atoms with Gasteiger partial charge in [-0.3, -0.25) is 4.98 Å². The minimum absolute atomic E-state index is 0.207. The van der Waals surface area contributed by atoms with E-state index in [9.17, 15) is 4.79 Å². The van der Waals surface area contributed by atoms with Crippen LogP contribution < -0.4 is 5.32 Å². The van der Waals surface area contributed by atoms with Crippen molar-refractivity contribution in [1.29, 1.82) is 0 Å². The van der Waals surface area contributed by atoms with E-state index >= 15 is 0 Å². The van der Waals surface area contributed by atoms with Crippen LogP contribution in [-0.4, -0.2) is 32.6 Å². The summed E-state index contributed by atoms with van der Waals surface area (Å²) in [6.45, 7) is 0.655. The van der Waals surface area contributed by atoms with Gasteiger partial charge in [-0.25, -0.2) is 14.8 Å². The molecule has 0 saturated carbocycles. The largest absolute Gasteiger partial charge is 0.475 e. The monoisotopic (exact) mass is 244 g/mol. The first-order valence-electron chi connectivity index (χ1n) is 5.45. The Balaban J connectivity index is 1.90. The number of hydrogen-bond acceptors (Lipinski definition) is 5. The van der Waals surface area contributed by atoms with Gasteiger partial charge in [-0.2, -0.15) is 0 Å². The highest BCUT2D eigenvalue weighted by Crippen LogP contribution is 2.03. The number of carboxylic acids is 1. The highest BCUT2D eigenvalue weighted by molar-refractivity contribution is 5.83. The van der Waals surface area contributed by atoms with Crippen molar-refractivity contribution < 1.29 is 9.90 Å². The summed E-state index contributed by atoms with van der Waals surface area (Å²) in [5.74, 6) is -0.835. The standard InChI is InChI=1S/C12H12N4O2/c17-12(18)11-15-7-4-10(16-11)14-6-3-9-2-1-5-13-8-9/h1-2,4-5,7-8H,3,6H2,(H,17,18)(H,14,15,16). The molecule has 2 aromatic heterocycles. The average Bonchev–Trinajstić information content (AvgIpc) is 2.40. The lowest BCUT2D eigenvalue weighted by atomic mass is 10.2. The zero-order valence-corrected chi connectivity index (χ0v) is 9.58. The third kappa shape index (κ3) is 3.24. The first-order valence-corrected chi connectivity index (χ1v) is 5.45.